The Bertz CT molecular complexity index is 292. The number of hydrogen-bond acceptors (Lipinski definition) is 3. The first-order chi connectivity index (χ1) is 6.31. The summed E-state index contributed by atoms with van der Waals surface area (Å²) in [6, 6.07) is 0. The van der Waals surface area contributed by atoms with Crippen LogP contribution in [0.15, 0.2) is 6.20 Å². The van der Waals surface area contributed by atoms with E-state index < -0.39 is 0 Å². The van der Waals surface area contributed by atoms with E-state index in [1.54, 1.807) is 0 Å². The van der Waals surface area contributed by atoms with Gasteiger partial charge in [-0.1, -0.05) is 0 Å². The van der Waals surface area contributed by atoms with Crippen LogP contribution in [0.5, 0.6) is 0 Å². The lowest BCUT2D eigenvalue weighted by molar-refractivity contribution is 0.276. The number of aryl methyl sites for hydroxylation is 1. The van der Waals surface area contributed by atoms with Crippen molar-refractivity contribution in [3.8, 4) is 0 Å². The maximum absolute atomic E-state index is 5.47. The van der Waals surface area contributed by atoms with Gasteiger partial charge in [-0.05, 0) is 13.0 Å². The second-order valence-corrected chi connectivity index (χ2v) is 3.59. The van der Waals surface area contributed by atoms with E-state index >= 15 is 0 Å². The minimum atomic E-state index is 0.783. The summed E-state index contributed by atoms with van der Waals surface area (Å²) in [4.78, 5) is 2.42. The molecule has 1 aliphatic rings. The minimum absolute atomic E-state index is 0.783. The SMILES string of the molecule is Cn1ncc2c1CN(CCCN)C2. The van der Waals surface area contributed by atoms with Crippen LogP contribution >= 0.6 is 0 Å². The Labute approximate surface area is 78.3 Å². The van der Waals surface area contributed by atoms with Crippen LogP contribution in [-0.2, 0) is 20.1 Å². The lowest BCUT2D eigenvalue weighted by Gasteiger charge is -2.13. The first-order valence-electron chi connectivity index (χ1n) is 4.73. The average Bonchev–Trinajstić information content (AvgIpc) is 2.65. The molecule has 0 fully saturated rings. The molecule has 0 radical (unpaired) electrons. The van der Waals surface area contributed by atoms with E-state index in [2.05, 4.69) is 10.00 Å². The van der Waals surface area contributed by atoms with Crippen molar-refractivity contribution in [3.05, 3.63) is 17.5 Å². The Kier molecular flexibility index (Phi) is 2.33. The number of nitrogens with zero attached hydrogens (tertiary/aromatic N) is 3. The summed E-state index contributed by atoms with van der Waals surface area (Å²) < 4.78 is 1.97. The number of aromatic nitrogens is 2. The quantitative estimate of drug-likeness (QED) is 0.717. The zero-order valence-corrected chi connectivity index (χ0v) is 8.03. The van der Waals surface area contributed by atoms with Gasteiger partial charge in [0.15, 0.2) is 0 Å². The lowest BCUT2D eigenvalue weighted by Crippen LogP contribution is -2.21. The van der Waals surface area contributed by atoms with Crippen LogP contribution in [0, 0.1) is 0 Å². The summed E-state index contributed by atoms with van der Waals surface area (Å²) in [5, 5.41) is 4.22. The number of nitrogens with two attached hydrogens (primary N) is 1. The molecule has 4 nitrogen and oxygen atoms in total. The number of rotatable bonds is 3. The highest BCUT2D eigenvalue weighted by atomic mass is 15.3. The fourth-order valence-electron chi connectivity index (χ4n) is 1.83. The summed E-state index contributed by atoms with van der Waals surface area (Å²) in [7, 11) is 2.01. The standard InChI is InChI=1S/C9H16N4/c1-12-9-7-13(4-2-3-10)6-8(9)5-11-12/h5H,2-4,6-7,10H2,1H3. The maximum atomic E-state index is 5.47. The zero-order chi connectivity index (χ0) is 9.26. The van der Waals surface area contributed by atoms with E-state index in [-0.39, 0.29) is 0 Å². The van der Waals surface area contributed by atoms with E-state index in [0.29, 0.717) is 0 Å². The van der Waals surface area contributed by atoms with Crippen molar-refractivity contribution in [2.75, 3.05) is 13.1 Å². The van der Waals surface area contributed by atoms with Gasteiger partial charge in [-0.2, -0.15) is 5.10 Å². The van der Waals surface area contributed by atoms with Crippen molar-refractivity contribution in [1.82, 2.24) is 14.7 Å². The van der Waals surface area contributed by atoms with Crippen molar-refractivity contribution >= 4 is 0 Å². The van der Waals surface area contributed by atoms with Crippen molar-refractivity contribution in [1.29, 1.82) is 0 Å². The smallest absolute Gasteiger partial charge is 0.0566 e. The van der Waals surface area contributed by atoms with Crippen LogP contribution in [0.3, 0.4) is 0 Å². The van der Waals surface area contributed by atoms with Gasteiger partial charge in [-0.3, -0.25) is 9.58 Å². The Morgan fingerprint density at radius 1 is 1.54 bits per heavy atom. The summed E-state index contributed by atoms with van der Waals surface area (Å²) in [6.45, 7) is 3.96. The van der Waals surface area contributed by atoms with Gasteiger partial charge in [0, 0.05) is 32.2 Å². The molecule has 0 saturated carbocycles. The molecule has 0 bridgehead atoms. The molecule has 2 N–H and O–H groups in total. The van der Waals surface area contributed by atoms with Crippen LogP contribution in [0.25, 0.3) is 0 Å². The maximum Gasteiger partial charge on any atom is 0.0566 e. The predicted octanol–water partition coefficient (Wildman–Crippen LogP) is 0.0845. The van der Waals surface area contributed by atoms with Gasteiger partial charge in [0.1, 0.15) is 0 Å². The molecule has 0 atom stereocenters. The molecule has 4 heteroatoms. The molecular weight excluding hydrogens is 164 g/mol. The molecule has 1 aromatic rings. The lowest BCUT2D eigenvalue weighted by atomic mass is 10.3. The third-order valence-electron chi connectivity index (χ3n) is 2.59. The molecule has 2 heterocycles. The first-order valence-corrected chi connectivity index (χ1v) is 4.73. The Balaban J connectivity index is 1.98. The Morgan fingerprint density at radius 2 is 2.38 bits per heavy atom. The monoisotopic (exact) mass is 180 g/mol. The molecule has 0 spiro atoms. The number of fused-ring (bicyclic) bond motifs is 1. The van der Waals surface area contributed by atoms with Crippen molar-refractivity contribution in [2.24, 2.45) is 12.8 Å². The summed E-state index contributed by atoms with van der Waals surface area (Å²) >= 11 is 0. The van der Waals surface area contributed by atoms with E-state index in [1.165, 1.54) is 11.3 Å². The minimum Gasteiger partial charge on any atom is -0.330 e. The van der Waals surface area contributed by atoms with Gasteiger partial charge in [-0.25, -0.2) is 0 Å². The molecule has 0 aromatic carbocycles. The molecular formula is C9H16N4. The van der Waals surface area contributed by atoms with E-state index in [9.17, 15) is 0 Å². The van der Waals surface area contributed by atoms with Gasteiger partial charge in [0.05, 0.1) is 11.9 Å². The third kappa shape index (κ3) is 1.59. The van der Waals surface area contributed by atoms with Crippen LogP contribution in [-0.4, -0.2) is 27.8 Å². The molecule has 1 aliphatic heterocycles. The first kappa shape index (κ1) is 8.72. The van der Waals surface area contributed by atoms with E-state index in [4.69, 9.17) is 5.73 Å². The fraction of sp³-hybridized carbons (Fsp3) is 0.667. The topological polar surface area (TPSA) is 47.1 Å². The highest BCUT2D eigenvalue weighted by Crippen LogP contribution is 2.21. The second-order valence-electron chi connectivity index (χ2n) is 3.59. The largest absolute Gasteiger partial charge is 0.330 e. The van der Waals surface area contributed by atoms with Gasteiger partial charge in [0.2, 0.25) is 0 Å². The molecule has 72 valence electrons. The molecule has 0 unspecified atom stereocenters. The second kappa shape index (κ2) is 3.47. The Morgan fingerprint density at radius 3 is 3.08 bits per heavy atom. The van der Waals surface area contributed by atoms with Crippen LogP contribution < -0.4 is 5.73 Å². The highest BCUT2D eigenvalue weighted by molar-refractivity contribution is 5.21. The van der Waals surface area contributed by atoms with Crippen molar-refractivity contribution in [3.63, 3.8) is 0 Å². The summed E-state index contributed by atoms with van der Waals surface area (Å²) in [6.07, 6.45) is 3.05. The molecule has 2 rings (SSSR count). The summed E-state index contributed by atoms with van der Waals surface area (Å²) in [5.41, 5.74) is 8.21. The third-order valence-corrected chi connectivity index (χ3v) is 2.59. The zero-order valence-electron chi connectivity index (χ0n) is 8.03. The van der Waals surface area contributed by atoms with Gasteiger partial charge >= 0.3 is 0 Å². The van der Waals surface area contributed by atoms with Crippen LogP contribution in [0.2, 0.25) is 0 Å². The summed E-state index contributed by atoms with van der Waals surface area (Å²) in [5.74, 6) is 0. The fourth-order valence-corrected chi connectivity index (χ4v) is 1.83. The number of hydrogen-bond donors (Lipinski definition) is 1. The molecule has 1 aromatic heterocycles. The molecule has 0 aliphatic carbocycles. The van der Waals surface area contributed by atoms with Crippen LogP contribution in [0.1, 0.15) is 17.7 Å². The highest BCUT2D eigenvalue weighted by Gasteiger charge is 2.21. The average molecular weight is 180 g/mol. The van der Waals surface area contributed by atoms with Gasteiger partial charge in [-0.15, -0.1) is 0 Å². The van der Waals surface area contributed by atoms with E-state index in [0.717, 1.165) is 32.6 Å². The van der Waals surface area contributed by atoms with Gasteiger partial charge in [0.25, 0.3) is 0 Å². The van der Waals surface area contributed by atoms with Crippen molar-refractivity contribution in [2.45, 2.75) is 19.5 Å². The van der Waals surface area contributed by atoms with Gasteiger partial charge < -0.3 is 5.73 Å². The van der Waals surface area contributed by atoms with E-state index in [1.807, 2.05) is 17.9 Å². The Hall–Kier alpha value is -0.870. The molecule has 0 saturated heterocycles. The molecule has 0 amide bonds. The molecule has 13 heavy (non-hydrogen) atoms. The van der Waals surface area contributed by atoms with Crippen LogP contribution in [0.4, 0.5) is 0 Å². The van der Waals surface area contributed by atoms with Crippen molar-refractivity contribution < 1.29 is 0 Å². The predicted molar refractivity (Wildman–Crippen MR) is 51.0 cm³/mol. The normalized spacial score (nSPS) is 16.5.